The minimum atomic E-state index is -0.707. The number of nitriles is 1. The quantitative estimate of drug-likeness (QED) is 0.900. The van der Waals surface area contributed by atoms with E-state index in [0.717, 1.165) is 6.07 Å². The number of amides is 1. The number of benzene rings is 1. The summed E-state index contributed by atoms with van der Waals surface area (Å²) in [5, 5.41) is 9.12. The molecule has 0 bridgehead atoms. The van der Waals surface area contributed by atoms with Crippen LogP contribution in [0, 0.1) is 17.1 Å². The van der Waals surface area contributed by atoms with Gasteiger partial charge in [0.2, 0.25) is 5.95 Å². The summed E-state index contributed by atoms with van der Waals surface area (Å²) in [5.41, 5.74) is 0.180. The van der Waals surface area contributed by atoms with Gasteiger partial charge in [-0.2, -0.15) is 5.26 Å². The smallest absolute Gasteiger partial charge is 0.255 e. The number of rotatable bonds is 3. The maximum atomic E-state index is 13.8. The zero-order valence-electron chi connectivity index (χ0n) is 14.5. The zero-order valence-corrected chi connectivity index (χ0v) is 14.5. The van der Waals surface area contributed by atoms with Crippen molar-refractivity contribution in [1.82, 2.24) is 14.9 Å². The number of nitrogens with one attached hydrogen (secondary N) is 1. The highest BCUT2D eigenvalue weighted by Crippen LogP contribution is 2.27. The van der Waals surface area contributed by atoms with E-state index in [0.29, 0.717) is 31.2 Å². The third-order valence-electron chi connectivity index (χ3n) is 4.42. The summed E-state index contributed by atoms with van der Waals surface area (Å²) in [6.45, 7) is 0.820. The highest BCUT2D eigenvalue weighted by molar-refractivity contribution is 5.96. The van der Waals surface area contributed by atoms with Crippen molar-refractivity contribution in [2.45, 2.75) is 12.3 Å². The van der Waals surface area contributed by atoms with Crippen LogP contribution in [0.15, 0.2) is 29.1 Å². The van der Waals surface area contributed by atoms with E-state index < -0.39 is 5.82 Å². The Kier molecular flexibility index (Phi) is 4.71. The molecule has 1 atom stereocenters. The van der Waals surface area contributed by atoms with E-state index >= 15 is 0 Å². The lowest BCUT2D eigenvalue weighted by molar-refractivity contribution is 0.0790. The van der Waals surface area contributed by atoms with Crippen LogP contribution in [0.4, 0.5) is 10.3 Å². The number of carbonyl (C=O) groups excluding carboxylic acids is 1. The van der Waals surface area contributed by atoms with Crippen LogP contribution in [0.1, 0.15) is 34.0 Å². The molecule has 2 heterocycles. The maximum absolute atomic E-state index is 13.8. The van der Waals surface area contributed by atoms with Crippen LogP contribution in [0.5, 0.6) is 0 Å². The van der Waals surface area contributed by atoms with Crippen LogP contribution in [0.2, 0.25) is 0 Å². The molecule has 1 aromatic heterocycles. The first-order valence-corrected chi connectivity index (χ1v) is 8.17. The highest BCUT2D eigenvalue weighted by Gasteiger charge is 2.31. The first-order valence-electron chi connectivity index (χ1n) is 8.17. The molecule has 1 fully saturated rings. The van der Waals surface area contributed by atoms with E-state index in [1.807, 2.05) is 0 Å². The molecule has 1 aliphatic rings. The number of H-pyrrole nitrogens is 1. The number of aromatic nitrogens is 2. The predicted molar refractivity (Wildman–Crippen MR) is 93.6 cm³/mol. The molecule has 1 aliphatic heterocycles. The van der Waals surface area contributed by atoms with E-state index in [2.05, 4.69) is 9.97 Å². The monoisotopic (exact) mass is 355 g/mol. The van der Waals surface area contributed by atoms with Crippen LogP contribution in [-0.2, 0) is 0 Å². The Morgan fingerprint density at radius 3 is 2.92 bits per heavy atom. The molecule has 0 radical (unpaired) electrons. The second-order valence-electron chi connectivity index (χ2n) is 6.40. The first-order chi connectivity index (χ1) is 12.4. The molecular formula is C18H18FN5O2. The molecule has 3 rings (SSSR count). The van der Waals surface area contributed by atoms with Gasteiger partial charge in [0.25, 0.3) is 11.5 Å². The Balaban J connectivity index is 1.84. The Morgan fingerprint density at radius 1 is 1.46 bits per heavy atom. The Morgan fingerprint density at radius 2 is 2.23 bits per heavy atom. The molecule has 0 saturated carbocycles. The average Bonchev–Trinajstić information content (AvgIpc) is 3.10. The van der Waals surface area contributed by atoms with Crippen molar-refractivity contribution in [3.8, 4) is 6.07 Å². The van der Waals surface area contributed by atoms with Crippen molar-refractivity contribution in [3.63, 3.8) is 0 Å². The second kappa shape index (κ2) is 6.96. The lowest BCUT2D eigenvalue weighted by atomic mass is 10.0. The van der Waals surface area contributed by atoms with Gasteiger partial charge in [0.1, 0.15) is 17.4 Å². The highest BCUT2D eigenvalue weighted by atomic mass is 19.1. The molecule has 26 heavy (non-hydrogen) atoms. The van der Waals surface area contributed by atoms with E-state index in [1.54, 1.807) is 30.0 Å². The van der Waals surface area contributed by atoms with Crippen molar-refractivity contribution in [2.75, 3.05) is 32.1 Å². The molecular weight excluding hydrogens is 337 g/mol. The molecule has 1 amide bonds. The lowest BCUT2D eigenvalue weighted by Gasteiger charge is -2.18. The summed E-state index contributed by atoms with van der Waals surface area (Å²) in [6, 6.07) is 7.22. The van der Waals surface area contributed by atoms with Crippen molar-refractivity contribution >= 4 is 11.9 Å². The molecule has 1 N–H and O–H groups in total. The fourth-order valence-electron chi connectivity index (χ4n) is 3.06. The van der Waals surface area contributed by atoms with Gasteiger partial charge in [-0.15, -0.1) is 0 Å². The van der Waals surface area contributed by atoms with E-state index in [4.69, 9.17) is 5.26 Å². The minimum Gasteiger partial charge on any atom is -0.348 e. The number of halogens is 1. The summed E-state index contributed by atoms with van der Waals surface area (Å²) in [7, 11) is 3.56. The Labute approximate surface area is 149 Å². The van der Waals surface area contributed by atoms with E-state index in [1.165, 1.54) is 18.2 Å². The van der Waals surface area contributed by atoms with Crippen LogP contribution < -0.4 is 10.5 Å². The predicted octanol–water partition coefficient (Wildman–Crippen LogP) is 1.48. The van der Waals surface area contributed by atoms with Gasteiger partial charge < -0.3 is 9.80 Å². The van der Waals surface area contributed by atoms with Gasteiger partial charge >= 0.3 is 0 Å². The number of hydrogen-bond acceptors (Lipinski definition) is 5. The number of nitrogens with zero attached hydrogens (tertiary/aromatic N) is 4. The second-order valence-corrected chi connectivity index (χ2v) is 6.40. The summed E-state index contributed by atoms with van der Waals surface area (Å²) in [4.78, 5) is 34.9. The van der Waals surface area contributed by atoms with Crippen molar-refractivity contribution in [2.24, 2.45) is 0 Å². The number of likely N-dealkylation sites (tertiary alicyclic amines) is 1. The number of anilines is 1. The topological polar surface area (TPSA) is 93.1 Å². The number of carbonyl (C=O) groups is 1. The molecule has 7 nitrogen and oxygen atoms in total. The summed E-state index contributed by atoms with van der Waals surface area (Å²) < 4.78 is 13.8. The first kappa shape index (κ1) is 17.6. The normalized spacial score (nSPS) is 16.4. The van der Waals surface area contributed by atoms with Gasteiger partial charge in [-0.25, -0.2) is 9.37 Å². The maximum Gasteiger partial charge on any atom is 0.255 e. The molecule has 1 saturated heterocycles. The van der Waals surface area contributed by atoms with Gasteiger partial charge in [-0.3, -0.25) is 14.6 Å². The molecule has 8 heteroatoms. The van der Waals surface area contributed by atoms with Gasteiger partial charge in [0.05, 0.1) is 11.3 Å². The van der Waals surface area contributed by atoms with E-state index in [9.17, 15) is 14.0 Å². The third-order valence-corrected chi connectivity index (χ3v) is 4.42. The standard InChI is InChI=1S/C18H18FN5O2/c1-23(2)18-21-15(8-16(25)22-18)11-6-7-24(10-11)17(26)12-4-3-5-14(19)13(12)9-20/h3-5,8,11H,6-7,10H2,1-2H3,(H,21,22,25). The fourth-order valence-corrected chi connectivity index (χ4v) is 3.06. The van der Waals surface area contributed by atoms with Gasteiger partial charge in [-0.1, -0.05) is 6.07 Å². The van der Waals surface area contributed by atoms with Crippen LogP contribution in [0.25, 0.3) is 0 Å². The average molecular weight is 355 g/mol. The minimum absolute atomic E-state index is 0.0565. The van der Waals surface area contributed by atoms with Crippen molar-refractivity contribution < 1.29 is 9.18 Å². The Bertz CT molecular complexity index is 947. The van der Waals surface area contributed by atoms with Crippen LogP contribution >= 0.6 is 0 Å². The summed E-state index contributed by atoms with van der Waals surface area (Å²) in [5.74, 6) is -0.726. The number of aromatic amines is 1. The molecule has 1 aromatic carbocycles. The molecule has 134 valence electrons. The van der Waals surface area contributed by atoms with Crippen LogP contribution in [-0.4, -0.2) is 48.0 Å². The molecule has 0 spiro atoms. The molecule has 0 aliphatic carbocycles. The summed E-state index contributed by atoms with van der Waals surface area (Å²) in [6.07, 6.45) is 0.645. The molecule has 1 unspecified atom stereocenters. The van der Waals surface area contributed by atoms with Crippen LogP contribution in [0.3, 0.4) is 0 Å². The van der Waals surface area contributed by atoms with Crippen molar-refractivity contribution in [3.05, 3.63) is 57.3 Å². The summed E-state index contributed by atoms with van der Waals surface area (Å²) >= 11 is 0. The lowest BCUT2D eigenvalue weighted by Crippen LogP contribution is -2.29. The van der Waals surface area contributed by atoms with E-state index in [-0.39, 0.29) is 28.5 Å². The van der Waals surface area contributed by atoms with Crippen molar-refractivity contribution in [1.29, 1.82) is 5.26 Å². The SMILES string of the molecule is CN(C)c1nc(C2CCN(C(=O)c3cccc(F)c3C#N)C2)cc(=O)[nH]1. The van der Waals surface area contributed by atoms with Gasteiger partial charge in [0.15, 0.2) is 0 Å². The molecule has 2 aromatic rings. The third kappa shape index (κ3) is 3.28. The van der Waals surface area contributed by atoms with Gasteiger partial charge in [0, 0.05) is 39.2 Å². The number of hydrogen-bond donors (Lipinski definition) is 1. The zero-order chi connectivity index (χ0) is 18.8. The fraction of sp³-hybridized carbons (Fsp3) is 0.333. The Hall–Kier alpha value is -3.21. The largest absolute Gasteiger partial charge is 0.348 e. The van der Waals surface area contributed by atoms with Gasteiger partial charge in [-0.05, 0) is 18.6 Å².